The number of amides is 2. The van der Waals surface area contributed by atoms with Crippen LogP contribution >= 0.6 is 34.4 Å². The van der Waals surface area contributed by atoms with Gasteiger partial charge in [0.1, 0.15) is 11.5 Å². The van der Waals surface area contributed by atoms with Crippen LogP contribution in [0, 0.1) is 0 Å². The zero-order valence-corrected chi connectivity index (χ0v) is 24.5. The molecule has 0 saturated carbocycles. The predicted octanol–water partition coefficient (Wildman–Crippen LogP) is 3.19. The zero-order chi connectivity index (χ0) is 28.8. The Morgan fingerprint density at radius 2 is 1.73 bits per heavy atom. The Bertz CT molecular complexity index is 1550. The lowest BCUT2D eigenvalue weighted by molar-refractivity contribution is -0.141. The number of fused-ring (bicyclic) bond motifs is 2. The Kier molecular flexibility index (Phi) is 9.76. The average Bonchev–Trinajstić information content (AvgIpc) is 3.48. The molecule has 0 saturated heterocycles. The Balaban J connectivity index is 1.46. The van der Waals surface area contributed by atoms with Crippen molar-refractivity contribution in [2.75, 3.05) is 38.2 Å². The van der Waals surface area contributed by atoms with Crippen molar-refractivity contribution in [1.29, 1.82) is 0 Å². The maximum Gasteiger partial charge on any atom is 0.341 e. The molecule has 2 aromatic heterocycles. The number of hydrogen-bond donors (Lipinski definition) is 1. The molecule has 0 bridgehead atoms. The van der Waals surface area contributed by atoms with Crippen molar-refractivity contribution in [2.24, 2.45) is 4.99 Å². The van der Waals surface area contributed by atoms with Crippen LogP contribution in [-0.2, 0) is 48.0 Å². The molecule has 40 heavy (non-hydrogen) atoms. The minimum Gasteiger partial charge on any atom is -0.468 e. The van der Waals surface area contributed by atoms with Crippen LogP contribution in [0.5, 0.6) is 0 Å². The second-order valence-electron chi connectivity index (χ2n) is 8.67. The molecule has 0 unspecified atom stereocenters. The van der Waals surface area contributed by atoms with Gasteiger partial charge >= 0.3 is 17.9 Å². The Labute approximate surface area is 241 Å². The highest BCUT2D eigenvalue weighted by molar-refractivity contribution is 8.00. The van der Waals surface area contributed by atoms with E-state index in [-0.39, 0.29) is 28.8 Å². The molecule has 4 rings (SSSR count). The van der Waals surface area contributed by atoms with Gasteiger partial charge in [-0.1, -0.05) is 11.3 Å². The number of thiazole rings is 1. The Hall–Kier alpha value is -3.49. The summed E-state index contributed by atoms with van der Waals surface area (Å²) >= 11 is 3.61. The van der Waals surface area contributed by atoms with Gasteiger partial charge in [-0.3, -0.25) is 14.4 Å². The number of ether oxygens (including phenoxy) is 3. The first-order valence-electron chi connectivity index (χ1n) is 12.2. The van der Waals surface area contributed by atoms with Gasteiger partial charge in [-0.25, -0.2) is 9.59 Å². The molecule has 1 aliphatic rings. The van der Waals surface area contributed by atoms with Gasteiger partial charge in [0.2, 0.25) is 5.91 Å². The fraction of sp³-hybridized carbons (Fsp3) is 0.385. The third-order valence-electron chi connectivity index (χ3n) is 6.11. The normalized spacial score (nSPS) is 13.0. The van der Waals surface area contributed by atoms with Crippen molar-refractivity contribution in [3.8, 4) is 0 Å². The van der Waals surface area contributed by atoms with Crippen LogP contribution in [0.15, 0.2) is 23.2 Å². The summed E-state index contributed by atoms with van der Waals surface area (Å²) in [6.45, 7) is -0.178. The van der Waals surface area contributed by atoms with Gasteiger partial charge in [0.25, 0.3) is 5.91 Å². The summed E-state index contributed by atoms with van der Waals surface area (Å²) in [5.41, 5.74) is 2.29. The molecule has 1 aliphatic carbocycles. The van der Waals surface area contributed by atoms with Crippen molar-refractivity contribution >= 4 is 79.4 Å². The van der Waals surface area contributed by atoms with E-state index in [9.17, 15) is 24.0 Å². The second kappa shape index (κ2) is 13.2. The summed E-state index contributed by atoms with van der Waals surface area (Å²) in [7, 11) is 3.85. The summed E-state index contributed by atoms with van der Waals surface area (Å²) in [6.07, 6.45) is 3.65. The largest absolute Gasteiger partial charge is 0.468 e. The molecule has 14 heteroatoms. The van der Waals surface area contributed by atoms with Gasteiger partial charge in [0, 0.05) is 4.88 Å². The molecule has 11 nitrogen and oxygen atoms in total. The number of carbonyl (C=O) groups is 5. The third-order valence-corrected chi connectivity index (χ3v) is 9.28. The summed E-state index contributed by atoms with van der Waals surface area (Å²) in [5, 5.41) is 3.28. The lowest BCUT2D eigenvalue weighted by Crippen LogP contribution is -2.23. The average molecular weight is 606 g/mol. The van der Waals surface area contributed by atoms with Crippen molar-refractivity contribution in [2.45, 2.75) is 32.2 Å². The molecule has 0 spiro atoms. The molecule has 3 aromatic rings. The van der Waals surface area contributed by atoms with E-state index >= 15 is 0 Å². The fourth-order valence-electron chi connectivity index (χ4n) is 4.25. The standard InChI is InChI=1S/C26H27N3O8S3/c1-35-21(32)11-29-16-9-8-14(24(33)36-2)10-18(16)40-26(29)28-20(31)13-38-12-19(30)27-23-22(25(34)37-3)15-6-4-5-7-17(15)39-23/h8-10H,4-7,11-13H2,1-3H3,(H,27,30). The SMILES string of the molecule is COC(=O)Cn1c(=NC(=O)CSCC(=O)Nc2sc3c(c2C(=O)OC)CCCC3)sc2cc(C(=O)OC)ccc21. The number of carbonyl (C=O) groups excluding carboxylic acids is 5. The van der Waals surface area contributed by atoms with Crippen molar-refractivity contribution in [3.63, 3.8) is 0 Å². The number of anilines is 1. The number of aryl methyl sites for hydroxylation is 1. The molecular formula is C26H27N3O8S3. The smallest absolute Gasteiger partial charge is 0.341 e. The van der Waals surface area contributed by atoms with Crippen molar-refractivity contribution < 1.29 is 38.2 Å². The van der Waals surface area contributed by atoms with Gasteiger partial charge in [0.05, 0.1) is 54.2 Å². The van der Waals surface area contributed by atoms with E-state index in [1.807, 2.05) is 0 Å². The molecule has 0 aliphatic heterocycles. The van der Waals surface area contributed by atoms with Gasteiger partial charge in [-0.15, -0.1) is 23.1 Å². The highest BCUT2D eigenvalue weighted by Gasteiger charge is 2.27. The zero-order valence-electron chi connectivity index (χ0n) is 22.1. The van der Waals surface area contributed by atoms with E-state index in [1.165, 1.54) is 37.2 Å². The summed E-state index contributed by atoms with van der Waals surface area (Å²) in [6, 6.07) is 4.81. The van der Waals surface area contributed by atoms with Gasteiger partial charge in [-0.2, -0.15) is 4.99 Å². The molecule has 2 heterocycles. The van der Waals surface area contributed by atoms with Gasteiger partial charge in [0.15, 0.2) is 4.80 Å². The fourth-order valence-corrected chi connectivity index (χ4v) is 7.23. The molecule has 1 N–H and O–H groups in total. The summed E-state index contributed by atoms with van der Waals surface area (Å²) < 4.78 is 16.6. The first kappa shape index (κ1) is 29.5. The van der Waals surface area contributed by atoms with Crippen LogP contribution in [-0.4, -0.2) is 67.1 Å². The number of benzene rings is 1. The number of thioether (sulfide) groups is 1. The Morgan fingerprint density at radius 1 is 0.975 bits per heavy atom. The minimum absolute atomic E-state index is 0.0263. The van der Waals surface area contributed by atoms with E-state index in [4.69, 9.17) is 14.2 Å². The predicted molar refractivity (Wildman–Crippen MR) is 152 cm³/mol. The number of esters is 3. The topological polar surface area (TPSA) is 142 Å². The van der Waals surface area contributed by atoms with Crippen molar-refractivity contribution in [3.05, 3.63) is 44.6 Å². The lowest BCUT2D eigenvalue weighted by atomic mass is 9.95. The number of rotatable bonds is 9. The molecule has 1 aromatic carbocycles. The quantitative estimate of drug-likeness (QED) is 0.287. The van der Waals surface area contributed by atoms with E-state index in [0.717, 1.165) is 59.2 Å². The number of methoxy groups -OCH3 is 3. The summed E-state index contributed by atoms with van der Waals surface area (Å²) in [5.74, 6) is -2.48. The number of thiophene rings is 1. The van der Waals surface area contributed by atoms with Gasteiger partial charge < -0.3 is 24.1 Å². The van der Waals surface area contributed by atoms with E-state index in [1.54, 1.807) is 18.2 Å². The third kappa shape index (κ3) is 6.62. The maximum absolute atomic E-state index is 12.7. The number of nitrogens with zero attached hydrogens (tertiary/aromatic N) is 2. The summed E-state index contributed by atoms with van der Waals surface area (Å²) in [4.78, 5) is 67.2. The number of hydrogen-bond acceptors (Lipinski definition) is 11. The van der Waals surface area contributed by atoms with Crippen LogP contribution in [0.3, 0.4) is 0 Å². The molecule has 212 valence electrons. The van der Waals surface area contributed by atoms with E-state index < -0.39 is 23.8 Å². The monoisotopic (exact) mass is 605 g/mol. The minimum atomic E-state index is -0.529. The first-order chi connectivity index (χ1) is 19.2. The van der Waals surface area contributed by atoms with E-state index in [2.05, 4.69) is 10.3 Å². The highest BCUT2D eigenvalue weighted by Crippen LogP contribution is 2.38. The van der Waals surface area contributed by atoms with Crippen LogP contribution in [0.4, 0.5) is 5.00 Å². The molecular weight excluding hydrogens is 579 g/mol. The molecule has 0 radical (unpaired) electrons. The molecule has 2 amide bonds. The maximum atomic E-state index is 12.7. The Morgan fingerprint density at radius 3 is 2.45 bits per heavy atom. The number of aromatic nitrogens is 1. The van der Waals surface area contributed by atoms with Crippen LogP contribution in [0.25, 0.3) is 10.2 Å². The van der Waals surface area contributed by atoms with Crippen molar-refractivity contribution in [1.82, 2.24) is 4.57 Å². The number of nitrogens with one attached hydrogen (secondary N) is 1. The van der Waals surface area contributed by atoms with E-state index in [0.29, 0.717) is 26.3 Å². The van der Waals surface area contributed by atoms with Crippen LogP contribution in [0.2, 0.25) is 0 Å². The second-order valence-corrected chi connectivity index (χ2v) is 11.8. The van der Waals surface area contributed by atoms with Crippen LogP contribution in [0.1, 0.15) is 44.0 Å². The lowest BCUT2D eigenvalue weighted by Gasteiger charge is -2.11. The molecule has 0 fully saturated rings. The highest BCUT2D eigenvalue weighted by atomic mass is 32.2. The van der Waals surface area contributed by atoms with Gasteiger partial charge in [-0.05, 0) is 49.4 Å². The molecule has 0 atom stereocenters. The first-order valence-corrected chi connectivity index (χ1v) is 15.0. The van der Waals surface area contributed by atoms with Crippen LogP contribution < -0.4 is 10.1 Å².